The van der Waals surface area contributed by atoms with Crippen LogP contribution in [0.3, 0.4) is 0 Å². The van der Waals surface area contributed by atoms with Gasteiger partial charge in [0, 0.05) is 17.4 Å². The predicted molar refractivity (Wildman–Crippen MR) is 118 cm³/mol. The van der Waals surface area contributed by atoms with E-state index in [2.05, 4.69) is 10.3 Å². The molecule has 4 aromatic rings. The van der Waals surface area contributed by atoms with Crippen molar-refractivity contribution in [3.8, 4) is 11.3 Å². The molecular formula is C24H18FN3OS. The average molecular weight is 415 g/mol. The smallest absolute Gasteiger partial charge is 0.174 e. The van der Waals surface area contributed by atoms with E-state index in [9.17, 15) is 4.39 Å². The molecule has 5 rings (SSSR count). The van der Waals surface area contributed by atoms with Gasteiger partial charge in [-0.15, -0.1) is 0 Å². The zero-order chi connectivity index (χ0) is 20.5. The molecule has 2 atom stereocenters. The van der Waals surface area contributed by atoms with Crippen LogP contribution in [-0.2, 0) is 0 Å². The van der Waals surface area contributed by atoms with Crippen LogP contribution in [0.15, 0.2) is 95.5 Å². The number of hydrogen-bond acceptors (Lipinski definition) is 3. The van der Waals surface area contributed by atoms with E-state index in [1.165, 1.54) is 12.1 Å². The van der Waals surface area contributed by atoms with Crippen LogP contribution in [0, 0.1) is 5.82 Å². The molecule has 2 aromatic heterocycles. The van der Waals surface area contributed by atoms with Gasteiger partial charge in [-0.1, -0.05) is 36.4 Å². The number of nitrogens with zero attached hydrogens (tertiary/aromatic N) is 2. The number of pyridine rings is 1. The molecule has 3 heterocycles. The van der Waals surface area contributed by atoms with Gasteiger partial charge in [0.2, 0.25) is 0 Å². The van der Waals surface area contributed by atoms with Gasteiger partial charge in [0.15, 0.2) is 5.11 Å². The molecule has 30 heavy (non-hydrogen) atoms. The first kappa shape index (κ1) is 18.5. The molecule has 0 amide bonds. The summed E-state index contributed by atoms with van der Waals surface area (Å²) in [5.74, 6) is 1.24. The van der Waals surface area contributed by atoms with Gasteiger partial charge in [-0.25, -0.2) is 4.39 Å². The minimum absolute atomic E-state index is 0.210. The Bertz CT molecular complexity index is 1160. The lowest BCUT2D eigenvalue weighted by atomic mass is 10.0. The lowest BCUT2D eigenvalue weighted by Gasteiger charge is -2.26. The molecule has 0 aliphatic carbocycles. The second kappa shape index (κ2) is 7.72. The standard InChI is InChI=1S/C24H18FN3OS/c25-17-9-11-18(12-10-17)28-23(22(27-24(28)30)19-8-4-5-15-26-19)21-14-13-20(29-21)16-6-2-1-3-7-16/h1-15,22-23H,(H,27,30)/t22-,23+/m1/s1. The first-order valence-corrected chi connectivity index (χ1v) is 10.0. The van der Waals surface area contributed by atoms with E-state index in [0.29, 0.717) is 5.11 Å². The number of nitrogens with one attached hydrogen (secondary N) is 1. The van der Waals surface area contributed by atoms with Crippen molar-refractivity contribution in [1.29, 1.82) is 0 Å². The molecule has 1 aliphatic rings. The molecule has 1 N–H and O–H groups in total. The number of halogens is 1. The maximum atomic E-state index is 13.5. The number of aromatic nitrogens is 1. The van der Waals surface area contributed by atoms with E-state index in [1.54, 1.807) is 18.3 Å². The summed E-state index contributed by atoms with van der Waals surface area (Å²) in [7, 11) is 0. The third-order valence-electron chi connectivity index (χ3n) is 5.18. The molecule has 0 spiro atoms. The largest absolute Gasteiger partial charge is 0.459 e. The lowest BCUT2D eigenvalue weighted by Crippen LogP contribution is -2.29. The first-order valence-electron chi connectivity index (χ1n) is 9.62. The van der Waals surface area contributed by atoms with Crippen molar-refractivity contribution in [3.63, 3.8) is 0 Å². The topological polar surface area (TPSA) is 41.3 Å². The van der Waals surface area contributed by atoms with Crippen molar-refractivity contribution in [2.24, 2.45) is 0 Å². The summed E-state index contributed by atoms with van der Waals surface area (Å²) in [6, 6.07) is 25.5. The molecule has 0 radical (unpaired) electrons. The molecule has 0 saturated carbocycles. The lowest BCUT2D eigenvalue weighted by molar-refractivity contribution is 0.439. The number of thiocarbonyl (C=S) groups is 1. The normalized spacial score (nSPS) is 18.4. The van der Waals surface area contributed by atoms with Gasteiger partial charge >= 0.3 is 0 Å². The van der Waals surface area contributed by atoms with Crippen LogP contribution in [0.2, 0.25) is 0 Å². The summed E-state index contributed by atoms with van der Waals surface area (Å²) < 4.78 is 19.8. The zero-order valence-corrected chi connectivity index (χ0v) is 16.7. The minimum atomic E-state index is -0.293. The molecule has 1 aliphatic heterocycles. The highest BCUT2D eigenvalue weighted by Crippen LogP contribution is 2.42. The second-order valence-corrected chi connectivity index (χ2v) is 7.43. The highest BCUT2D eigenvalue weighted by molar-refractivity contribution is 7.80. The third-order valence-corrected chi connectivity index (χ3v) is 5.49. The highest BCUT2D eigenvalue weighted by atomic mass is 32.1. The number of anilines is 1. The van der Waals surface area contributed by atoms with Crippen LogP contribution in [0.25, 0.3) is 11.3 Å². The maximum Gasteiger partial charge on any atom is 0.174 e. The van der Waals surface area contributed by atoms with Crippen LogP contribution in [0.5, 0.6) is 0 Å². The van der Waals surface area contributed by atoms with E-state index in [0.717, 1.165) is 28.5 Å². The Kier molecular flexibility index (Phi) is 4.77. The molecule has 148 valence electrons. The van der Waals surface area contributed by atoms with Crippen LogP contribution >= 0.6 is 12.2 Å². The highest BCUT2D eigenvalue weighted by Gasteiger charge is 2.42. The van der Waals surface area contributed by atoms with Crippen LogP contribution < -0.4 is 10.2 Å². The summed E-state index contributed by atoms with van der Waals surface area (Å²) in [6.07, 6.45) is 1.76. The Balaban J connectivity index is 1.60. The third kappa shape index (κ3) is 3.35. The Hall–Kier alpha value is -3.51. The van der Waals surface area contributed by atoms with Crippen LogP contribution in [0.1, 0.15) is 23.5 Å². The van der Waals surface area contributed by atoms with Gasteiger partial charge in [-0.05, 0) is 60.7 Å². The summed E-state index contributed by atoms with van der Waals surface area (Å²) in [6.45, 7) is 0. The van der Waals surface area contributed by atoms with Crippen molar-refractivity contribution in [3.05, 3.63) is 108 Å². The van der Waals surface area contributed by atoms with Crippen molar-refractivity contribution in [2.45, 2.75) is 12.1 Å². The fraction of sp³-hybridized carbons (Fsp3) is 0.0833. The molecule has 0 bridgehead atoms. The molecule has 1 saturated heterocycles. The van der Waals surface area contributed by atoms with Crippen molar-refractivity contribution < 1.29 is 8.81 Å². The quantitative estimate of drug-likeness (QED) is 0.436. The second-order valence-electron chi connectivity index (χ2n) is 7.04. The number of benzene rings is 2. The Morgan fingerprint density at radius 2 is 1.67 bits per heavy atom. The fourth-order valence-corrected chi connectivity index (χ4v) is 4.14. The molecule has 4 nitrogen and oxygen atoms in total. The Morgan fingerprint density at radius 1 is 0.900 bits per heavy atom. The predicted octanol–water partition coefficient (Wildman–Crippen LogP) is 5.66. The minimum Gasteiger partial charge on any atom is -0.459 e. The molecule has 1 fully saturated rings. The monoisotopic (exact) mass is 415 g/mol. The van der Waals surface area contributed by atoms with Crippen molar-refractivity contribution in [1.82, 2.24) is 10.3 Å². The van der Waals surface area contributed by atoms with E-state index < -0.39 is 0 Å². The van der Waals surface area contributed by atoms with Crippen molar-refractivity contribution >= 4 is 23.0 Å². The number of hydrogen-bond donors (Lipinski definition) is 1. The van der Waals surface area contributed by atoms with Gasteiger partial charge in [0.05, 0.1) is 11.7 Å². The summed E-state index contributed by atoms with van der Waals surface area (Å²) in [5.41, 5.74) is 2.64. The van der Waals surface area contributed by atoms with Crippen LogP contribution in [0.4, 0.5) is 10.1 Å². The van der Waals surface area contributed by atoms with Crippen molar-refractivity contribution in [2.75, 3.05) is 4.90 Å². The molecule has 6 heteroatoms. The molecular weight excluding hydrogens is 397 g/mol. The van der Waals surface area contributed by atoms with Gasteiger partial charge < -0.3 is 14.6 Å². The Labute approximate surface area is 179 Å². The fourth-order valence-electron chi connectivity index (χ4n) is 3.79. The molecule has 2 aromatic carbocycles. The van der Waals surface area contributed by atoms with Gasteiger partial charge in [-0.2, -0.15) is 0 Å². The summed E-state index contributed by atoms with van der Waals surface area (Å²) in [5, 5.41) is 3.91. The SMILES string of the molecule is Fc1ccc(N2C(=S)N[C@H](c3ccccn3)[C@@H]2c2ccc(-c3ccccc3)o2)cc1. The average Bonchev–Trinajstić information content (AvgIpc) is 3.40. The van der Waals surface area contributed by atoms with E-state index in [-0.39, 0.29) is 17.9 Å². The number of furan rings is 1. The Morgan fingerprint density at radius 3 is 2.40 bits per heavy atom. The van der Waals surface area contributed by atoms with Crippen LogP contribution in [-0.4, -0.2) is 10.1 Å². The van der Waals surface area contributed by atoms with Gasteiger partial charge in [0.25, 0.3) is 0 Å². The summed E-state index contributed by atoms with van der Waals surface area (Å²) >= 11 is 5.66. The van der Waals surface area contributed by atoms with Gasteiger partial charge in [-0.3, -0.25) is 4.98 Å². The van der Waals surface area contributed by atoms with E-state index >= 15 is 0 Å². The summed E-state index contributed by atoms with van der Waals surface area (Å²) in [4.78, 5) is 6.49. The first-order chi connectivity index (χ1) is 14.7. The van der Waals surface area contributed by atoms with E-state index in [4.69, 9.17) is 16.6 Å². The number of rotatable bonds is 4. The van der Waals surface area contributed by atoms with E-state index in [1.807, 2.05) is 65.6 Å². The maximum absolute atomic E-state index is 13.5. The van der Waals surface area contributed by atoms with Gasteiger partial charge in [0.1, 0.15) is 23.4 Å². The molecule has 0 unspecified atom stereocenters. The zero-order valence-electron chi connectivity index (χ0n) is 15.9.